The van der Waals surface area contributed by atoms with Gasteiger partial charge in [-0.2, -0.15) is 0 Å². The summed E-state index contributed by atoms with van der Waals surface area (Å²) in [5.41, 5.74) is 1.64. The standard InChI is InChI=1S/C26H21FO5/c1-5-24(28)31-21-9-7-8-19-18(21)11-12-20(27)26(19)17-10-13-22(32-25(29)6-2)23(14-17)30-15-16(3)4/h5-15H,1-2H2,3-4H3. The average molecular weight is 432 g/mol. The Kier molecular flexibility index (Phi) is 6.85. The van der Waals surface area contributed by atoms with Gasteiger partial charge in [0.25, 0.3) is 0 Å². The number of hydrogen-bond donors (Lipinski definition) is 0. The van der Waals surface area contributed by atoms with E-state index in [1.54, 1.807) is 36.4 Å². The largest absolute Gasteiger partial charge is 0.461 e. The molecule has 0 N–H and O–H groups in total. The molecule has 0 heterocycles. The van der Waals surface area contributed by atoms with E-state index < -0.39 is 17.8 Å². The molecular weight excluding hydrogens is 411 g/mol. The quantitative estimate of drug-likeness (QED) is 0.194. The van der Waals surface area contributed by atoms with Gasteiger partial charge in [-0.05, 0) is 60.7 Å². The van der Waals surface area contributed by atoms with Gasteiger partial charge in [-0.25, -0.2) is 14.0 Å². The number of allylic oxidation sites excluding steroid dienone is 1. The van der Waals surface area contributed by atoms with Crippen LogP contribution in [0.25, 0.3) is 21.9 Å². The highest BCUT2D eigenvalue weighted by molar-refractivity contribution is 6.01. The lowest BCUT2D eigenvalue weighted by Crippen LogP contribution is -2.05. The van der Waals surface area contributed by atoms with E-state index in [0.29, 0.717) is 16.3 Å². The third kappa shape index (κ3) is 4.92. The molecule has 32 heavy (non-hydrogen) atoms. The number of rotatable bonds is 7. The zero-order valence-corrected chi connectivity index (χ0v) is 17.7. The van der Waals surface area contributed by atoms with Gasteiger partial charge in [0.15, 0.2) is 11.5 Å². The van der Waals surface area contributed by atoms with Crippen molar-refractivity contribution in [1.82, 2.24) is 0 Å². The lowest BCUT2D eigenvalue weighted by Gasteiger charge is -2.14. The normalized spacial score (nSPS) is 10.2. The molecule has 3 aromatic rings. The zero-order chi connectivity index (χ0) is 23.3. The molecule has 0 atom stereocenters. The average Bonchev–Trinajstić information content (AvgIpc) is 2.78. The van der Waals surface area contributed by atoms with Gasteiger partial charge in [0, 0.05) is 23.1 Å². The SMILES string of the molecule is C=CC(=O)Oc1ccc(-c2c(F)ccc3c(OC(=O)C=C)cccc23)cc1OC=C(C)C. The maximum absolute atomic E-state index is 15.0. The molecule has 0 saturated carbocycles. The van der Waals surface area contributed by atoms with Gasteiger partial charge in [-0.15, -0.1) is 0 Å². The van der Waals surface area contributed by atoms with Gasteiger partial charge in [-0.3, -0.25) is 0 Å². The third-order valence-corrected chi connectivity index (χ3v) is 4.38. The Bertz CT molecular complexity index is 1250. The van der Waals surface area contributed by atoms with E-state index >= 15 is 4.39 Å². The van der Waals surface area contributed by atoms with Crippen molar-refractivity contribution in [2.24, 2.45) is 0 Å². The van der Waals surface area contributed by atoms with Gasteiger partial charge in [0.05, 0.1) is 6.26 Å². The number of halogens is 1. The van der Waals surface area contributed by atoms with Crippen LogP contribution in [0.1, 0.15) is 13.8 Å². The van der Waals surface area contributed by atoms with Crippen LogP contribution >= 0.6 is 0 Å². The van der Waals surface area contributed by atoms with Crippen molar-refractivity contribution >= 4 is 22.7 Å². The molecule has 0 spiro atoms. The molecule has 0 fully saturated rings. The summed E-state index contributed by atoms with van der Waals surface area (Å²) in [6.07, 6.45) is 3.59. The molecule has 5 nitrogen and oxygen atoms in total. The number of ether oxygens (including phenoxy) is 3. The first-order chi connectivity index (χ1) is 15.3. The molecule has 0 saturated heterocycles. The first-order valence-electron chi connectivity index (χ1n) is 9.68. The smallest absolute Gasteiger partial charge is 0.335 e. The monoisotopic (exact) mass is 432 g/mol. The maximum atomic E-state index is 15.0. The summed E-state index contributed by atoms with van der Waals surface area (Å²) in [6, 6.07) is 12.6. The number of benzene rings is 3. The minimum atomic E-state index is -0.648. The molecule has 0 aromatic heterocycles. The molecule has 3 aromatic carbocycles. The van der Waals surface area contributed by atoms with E-state index in [9.17, 15) is 9.59 Å². The van der Waals surface area contributed by atoms with Gasteiger partial charge in [-0.1, -0.05) is 31.4 Å². The Labute approximate surface area is 185 Å². The minimum Gasteiger partial charge on any atom is -0.461 e. The van der Waals surface area contributed by atoms with Crippen molar-refractivity contribution in [3.8, 4) is 28.4 Å². The number of esters is 2. The van der Waals surface area contributed by atoms with Crippen molar-refractivity contribution in [3.63, 3.8) is 0 Å². The van der Waals surface area contributed by atoms with E-state index in [1.165, 1.54) is 18.4 Å². The van der Waals surface area contributed by atoms with Crippen molar-refractivity contribution < 1.29 is 28.2 Å². The van der Waals surface area contributed by atoms with Crippen LogP contribution in [-0.4, -0.2) is 11.9 Å². The van der Waals surface area contributed by atoms with Crippen LogP contribution in [0.4, 0.5) is 4.39 Å². The topological polar surface area (TPSA) is 61.8 Å². The highest BCUT2D eigenvalue weighted by Crippen LogP contribution is 2.39. The van der Waals surface area contributed by atoms with Crippen molar-refractivity contribution in [2.75, 3.05) is 0 Å². The Morgan fingerprint density at radius 1 is 0.844 bits per heavy atom. The Morgan fingerprint density at radius 3 is 2.19 bits per heavy atom. The summed E-state index contributed by atoms with van der Waals surface area (Å²) < 4.78 is 31.2. The summed E-state index contributed by atoms with van der Waals surface area (Å²) in [5.74, 6) is -1.07. The fourth-order valence-corrected chi connectivity index (χ4v) is 3.01. The lowest BCUT2D eigenvalue weighted by molar-refractivity contribution is -0.129. The second-order valence-electron chi connectivity index (χ2n) is 7.00. The van der Waals surface area contributed by atoms with E-state index in [1.807, 2.05) is 13.8 Å². The second kappa shape index (κ2) is 9.75. The summed E-state index contributed by atoms with van der Waals surface area (Å²) in [4.78, 5) is 23.4. The summed E-state index contributed by atoms with van der Waals surface area (Å²) >= 11 is 0. The Balaban J connectivity index is 2.18. The fourth-order valence-electron chi connectivity index (χ4n) is 3.01. The minimum absolute atomic E-state index is 0.164. The molecular formula is C26H21FO5. The molecule has 3 rings (SSSR count). The lowest BCUT2D eigenvalue weighted by atomic mass is 9.97. The number of fused-ring (bicyclic) bond motifs is 1. The highest BCUT2D eigenvalue weighted by atomic mass is 19.1. The molecule has 0 amide bonds. The van der Waals surface area contributed by atoms with Gasteiger partial charge in [0.1, 0.15) is 11.6 Å². The summed E-state index contributed by atoms with van der Waals surface area (Å²) in [7, 11) is 0. The van der Waals surface area contributed by atoms with Crippen LogP contribution in [0.2, 0.25) is 0 Å². The molecule has 0 bridgehead atoms. The van der Waals surface area contributed by atoms with Crippen LogP contribution < -0.4 is 14.2 Å². The predicted octanol–water partition coefficient (Wildman–Crippen LogP) is 6.13. The number of carbonyl (C=O) groups is 2. The van der Waals surface area contributed by atoms with Crippen LogP contribution in [0, 0.1) is 5.82 Å². The Hall–Kier alpha value is -4.19. The summed E-state index contributed by atoms with van der Waals surface area (Å²) in [5, 5.41) is 1.08. The van der Waals surface area contributed by atoms with E-state index in [-0.39, 0.29) is 22.8 Å². The van der Waals surface area contributed by atoms with Crippen LogP contribution in [-0.2, 0) is 9.59 Å². The van der Waals surface area contributed by atoms with Crippen LogP contribution in [0.3, 0.4) is 0 Å². The molecule has 162 valence electrons. The molecule has 0 aliphatic rings. The number of carbonyl (C=O) groups excluding carboxylic acids is 2. The van der Waals surface area contributed by atoms with E-state index in [0.717, 1.165) is 17.7 Å². The van der Waals surface area contributed by atoms with E-state index in [4.69, 9.17) is 14.2 Å². The Morgan fingerprint density at radius 2 is 1.53 bits per heavy atom. The first-order valence-corrected chi connectivity index (χ1v) is 9.68. The molecule has 0 aliphatic carbocycles. The van der Waals surface area contributed by atoms with Crippen molar-refractivity contribution in [2.45, 2.75) is 13.8 Å². The molecule has 6 heteroatoms. The van der Waals surface area contributed by atoms with Gasteiger partial charge >= 0.3 is 11.9 Å². The third-order valence-electron chi connectivity index (χ3n) is 4.38. The van der Waals surface area contributed by atoms with Gasteiger partial charge < -0.3 is 14.2 Å². The fraction of sp³-hybridized carbons (Fsp3) is 0.0769. The molecule has 0 aliphatic heterocycles. The predicted molar refractivity (Wildman–Crippen MR) is 121 cm³/mol. The van der Waals surface area contributed by atoms with Gasteiger partial charge in [0.2, 0.25) is 0 Å². The highest BCUT2D eigenvalue weighted by Gasteiger charge is 2.17. The second-order valence-corrected chi connectivity index (χ2v) is 7.00. The van der Waals surface area contributed by atoms with Crippen molar-refractivity contribution in [3.05, 3.63) is 91.5 Å². The van der Waals surface area contributed by atoms with Crippen LogP contribution in [0.5, 0.6) is 17.2 Å². The van der Waals surface area contributed by atoms with Crippen LogP contribution in [0.15, 0.2) is 85.7 Å². The molecule has 0 unspecified atom stereocenters. The summed E-state index contributed by atoms with van der Waals surface area (Å²) in [6.45, 7) is 10.5. The first kappa shape index (κ1) is 22.5. The van der Waals surface area contributed by atoms with E-state index in [2.05, 4.69) is 13.2 Å². The maximum Gasteiger partial charge on any atom is 0.335 e. The zero-order valence-electron chi connectivity index (χ0n) is 17.7. The number of hydrogen-bond acceptors (Lipinski definition) is 5. The molecule has 0 radical (unpaired) electrons. The van der Waals surface area contributed by atoms with Crippen molar-refractivity contribution in [1.29, 1.82) is 0 Å².